The van der Waals surface area contributed by atoms with E-state index in [9.17, 15) is 14.4 Å². The van der Waals surface area contributed by atoms with Crippen LogP contribution in [0, 0.1) is 0 Å². The van der Waals surface area contributed by atoms with Crippen molar-refractivity contribution in [1.29, 1.82) is 0 Å². The van der Waals surface area contributed by atoms with Crippen LogP contribution in [0.3, 0.4) is 0 Å². The van der Waals surface area contributed by atoms with Gasteiger partial charge in [-0.3, -0.25) is 19.7 Å². The van der Waals surface area contributed by atoms with Gasteiger partial charge in [-0.2, -0.15) is 0 Å². The highest BCUT2D eigenvalue weighted by Gasteiger charge is 2.39. The van der Waals surface area contributed by atoms with E-state index in [2.05, 4.69) is 35.3 Å². The Hall–Kier alpha value is -3.81. The largest absolute Gasteiger partial charge is 0.497 e. The summed E-state index contributed by atoms with van der Waals surface area (Å²) in [5, 5.41) is 2.52. The van der Waals surface area contributed by atoms with E-state index in [0.717, 1.165) is 79.0 Å². The maximum atomic E-state index is 13.9. The van der Waals surface area contributed by atoms with Gasteiger partial charge < -0.3 is 19.3 Å². The quantitative estimate of drug-likeness (QED) is 0.288. The molecule has 0 spiro atoms. The summed E-state index contributed by atoms with van der Waals surface area (Å²) < 4.78 is 11.7. The topological polar surface area (TPSA) is 88.2 Å². The zero-order valence-corrected chi connectivity index (χ0v) is 26.0. The van der Waals surface area contributed by atoms with Gasteiger partial charge in [0.2, 0.25) is 17.7 Å². The second-order valence-corrected chi connectivity index (χ2v) is 12.5. The Kier molecular flexibility index (Phi) is 9.43. The lowest BCUT2D eigenvalue weighted by Crippen LogP contribution is -2.52. The van der Waals surface area contributed by atoms with Crippen molar-refractivity contribution in [2.75, 3.05) is 20.3 Å². The van der Waals surface area contributed by atoms with Gasteiger partial charge in [-0.25, -0.2) is 0 Å². The van der Waals surface area contributed by atoms with E-state index in [0.29, 0.717) is 26.0 Å². The van der Waals surface area contributed by atoms with Crippen LogP contribution in [0.5, 0.6) is 11.5 Å². The Bertz CT molecular complexity index is 1370. The Morgan fingerprint density at radius 3 is 2.56 bits per heavy atom. The van der Waals surface area contributed by atoms with Crippen molar-refractivity contribution in [3.05, 3.63) is 65.2 Å². The maximum Gasteiger partial charge on any atom is 0.249 e. The fraction of sp³-hybridized carbons (Fsp3) is 0.514. The molecule has 5 rings (SSSR count). The van der Waals surface area contributed by atoms with Gasteiger partial charge in [0, 0.05) is 30.8 Å². The fourth-order valence-corrected chi connectivity index (χ4v) is 6.52. The molecule has 43 heavy (non-hydrogen) atoms. The molecule has 0 aliphatic carbocycles. The van der Waals surface area contributed by atoms with Crippen LogP contribution in [0.15, 0.2) is 48.5 Å². The number of methoxy groups -OCH3 is 1. The molecule has 2 fully saturated rings. The number of likely N-dealkylation sites (tertiary alicyclic amines) is 1. The molecule has 2 aromatic carbocycles. The lowest BCUT2D eigenvalue weighted by molar-refractivity contribution is -0.141. The van der Waals surface area contributed by atoms with Gasteiger partial charge in [-0.1, -0.05) is 31.6 Å². The first-order valence-electron chi connectivity index (χ1n) is 15.7. The van der Waals surface area contributed by atoms with Gasteiger partial charge >= 0.3 is 0 Å². The third-order valence-electron chi connectivity index (χ3n) is 9.16. The van der Waals surface area contributed by atoms with E-state index < -0.39 is 5.41 Å². The molecule has 3 amide bonds. The van der Waals surface area contributed by atoms with Crippen molar-refractivity contribution in [3.63, 3.8) is 0 Å². The van der Waals surface area contributed by atoms with Crippen LogP contribution in [0.1, 0.15) is 88.8 Å². The molecule has 1 unspecified atom stereocenters. The van der Waals surface area contributed by atoms with Gasteiger partial charge in [-0.05, 0) is 93.8 Å². The fourth-order valence-electron chi connectivity index (χ4n) is 6.52. The zero-order chi connectivity index (χ0) is 30.6. The monoisotopic (exact) mass is 587 g/mol. The number of nitrogens with zero attached hydrogens (tertiary/aromatic N) is 2. The number of benzene rings is 2. The molecule has 8 nitrogen and oxygen atoms in total. The van der Waals surface area contributed by atoms with Crippen LogP contribution in [-0.2, 0) is 26.3 Å². The Morgan fingerprint density at radius 1 is 1.07 bits per heavy atom. The van der Waals surface area contributed by atoms with Crippen LogP contribution < -0.4 is 14.8 Å². The molecule has 2 saturated heterocycles. The van der Waals surface area contributed by atoms with E-state index in [1.54, 1.807) is 7.11 Å². The number of ether oxygens (including phenoxy) is 2. The molecule has 0 saturated carbocycles. The van der Waals surface area contributed by atoms with Crippen molar-refractivity contribution < 1.29 is 23.9 Å². The van der Waals surface area contributed by atoms with Gasteiger partial charge in [0.05, 0.1) is 18.6 Å². The normalized spacial score (nSPS) is 21.5. The molecular formula is C35H45N3O5. The minimum atomic E-state index is -0.671. The zero-order valence-electron chi connectivity index (χ0n) is 26.0. The molecule has 2 atom stereocenters. The Balaban J connectivity index is 1.30. The minimum Gasteiger partial charge on any atom is -0.497 e. The number of carbonyl (C=O) groups is 3. The van der Waals surface area contributed by atoms with E-state index in [4.69, 9.17) is 9.47 Å². The lowest BCUT2D eigenvalue weighted by atomic mass is 9.82. The SMILES string of the molecule is CCCCC=C1c2ccc(OC[C@@H]3CCCCN3C(=O)C(C)(C)c3ccc(OC)cc3)cc2CN1C1CCC(=O)NC1=O. The Labute approximate surface area is 255 Å². The van der Waals surface area contributed by atoms with Gasteiger partial charge in [0.25, 0.3) is 0 Å². The number of piperidine rings is 2. The molecule has 3 aliphatic rings. The smallest absolute Gasteiger partial charge is 0.249 e. The number of unbranched alkanes of at least 4 members (excludes halogenated alkanes) is 2. The van der Waals surface area contributed by atoms with Crippen molar-refractivity contribution in [2.45, 2.75) is 96.2 Å². The predicted molar refractivity (Wildman–Crippen MR) is 167 cm³/mol. The molecule has 3 heterocycles. The van der Waals surface area contributed by atoms with Crippen molar-refractivity contribution in [1.82, 2.24) is 15.1 Å². The highest BCUT2D eigenvalue weighted by molar-refractivity contribution is 6.01. The van der Waals surface area contributed by atoms with Crippen LogP contribution in [0.25, 0.3) is 5.70 Å². The van der Waals surface area contributed by atoms with Crippen LogP contribution in [0.2, 0.25) is 0 Å². The number of fused-ring (bicyclic) bond motifs is 1. The highest BCUT2D eigenvalue weighted by Crippen LogP contribution is 2.39. The Morgan fingerprint density at radius 2 is 1.84 bits per heavy atom. The first-order chi connectivity index (χ1) is 20.7. The lowest BCUT2D eigenvalue weighted by Gasteiger charge is -2.40. The van der Waals surface area contributed by atoms with Gasteiger partial charge in [0.15, 0.2) is 0 Å². The predicted octanol–water partition coefficient (Wildman–Crippen LogP) is 5.58. The summed E-state index contributed by atoms with van der Waals surface area (Å²) in [5.74, 6) is 1.23. The molecule has 8 heteroatoms. The molecule has 0 aromatic heterocycles. The number of hydrogen-bond donors (Lipinski definition) is 1. The number of hydrogen-bond acceptors (Lipinski definition) is 6. The molecular weight excluding hydrogens is 542 g/mol. The first kappa shape index (κ1) is 30.6. The second kappa shape index (κ2) is 13.2. The van der Waals surface area contributed by atoms with E-state index in [1.165, 1.54) is 0 Å². The van der Waals surface area contributed by atoms with Crippen molar-refractivity contribution in [2.24, 2.45) is 0 Å². The number of amides is 3. The second-order valence-electron chi connectivity index (χ2n) is 12.5. The van der Waals surface area contributed by atoms with Crippen molar-refractivity contribution in [3.8, 4) is 11.5 Å². The average Bonchev–Trinajstić information content (AvgIpc) is 3.37. The molecule has 3 aliphatic heterocycles. The number of rotatable bonds is 10. The standard InChI is InChI=1S/C35H45N3O5/c1-5-6-7-11-30-29-17-16-28(21-24(29)22-38(30)31-18-19-32(39)36-33(31)40)43-23-26-10-8-9-20-37(26)34(41)35(2,3)25-12-14-27(42-4)15-13-25/h11-17,21,26,31H,5-10,18-20,22-23H2,1-4H3,(H,36,39,40)/t26-,31?/m0/s1. The van der Waals surface area contributed by atoms with Gasteiger partial charge in [-0.15, -0.1) is 0 Å². The van der Waals surface area contributed by atoms with Gasteiger partial charge in [0.1, 0.15) is 24.1 Å². The first-order valence-corrected chi connectivity index (χ1v) is 15.7. The van der Waals surface area contributed by atoms with Crippen LogP contribution >= 0.6 is 0 Å². The number of carbonyl (C=O) groups excluding carboxylic acids is 3. The molecule has 1 N–H and O–H groups in total. The summed E-state index contributed by atoms with van der Waals surface area (Å²) in [7, 11) is 1.64. The van der Waals surface area contributed by atoms with Crippen LogP contribution in [0.4, 0.5) is 0 Å². The molecule has 0 bridgehead atoms. The number of imide groups is 1. The van der Waals surface area contributed by atoms with Crippen LogP contribution in [-0.4, -0.2) is 59.9 Å². The summed E-state index contributed by atoms with van der Waals surface area (Å²) in [6.07, 6.45) is 9.18. The molecule has 0 radical (unpaired) electrons. The highest BCUT2D eigenvalue weighted by atomic mass is 16.5. The summed E-state index contributed by atoms with van der Waals surface area (Å²) in [5.41, 5.74) is 3.58. The van der Waals surface area contributed by atoms with Crippen molar-refractivity contribution >= 4 is 23.4 Å². The average molecular weight is 588 g/mol. The third-order valence-corrected chi connectivity index (χ3v) is 9.16. The number of nitrogens with one attached hydrogen (secondary N) is 1. The summed E-state index contributed by atoms with van der Waals surface area (Å²) >= 11 is 0. The summed E-state index contributed by atoms with van der Waals surface area (Å²) in [4.78, 5) is 42.6. The summed E-state index contributed by atoms with van der Waals surface area (Å²) in [6, 6.07) is 13.5. The minimum absolute atomic E-state index is 0.00324. The molecule has 2 aromatic rings. The third kappa shape index (κ3) is 6.58. The number of allylic oxidation sites excluding steroid dienone is 1. The van der Waals surface area contributed by atoms with E-state index in [1.807, 2.05) is 49.1 Å². The van der Waals surface area contributed by atoms with E-state index >= 15 is 0 Å². The summed E-state index contributed by atoms with van der Waals surface area (Å²) in [6.45, 7) is 7.90. The van der Waals surface area contributed by atoms with E-state index in [-0.39, 0.29) is 29.8 Å². The maximum absolute atomic E-state index is 13.9. The molecule has 230 valence electrons.